The molecule has 1 atom stereocenters. The molecule has 1 aliphatic heterocycles. The molecule has 4 rings (SSSR count). The number of primary amides is 1. The number of ether oxygens (including phenoxy) is 2. The van der Waals surface area contributed by atoms with Gasteiger partial charge in [-0.3, -0.25) is 4.79 Å². The van der Waals surface area contributed by atoms with E-state index in [1.165, 1.54) is 0 Å². The lowest BCUT2D eigenvalue weighted by molar-refractivity contribution is -0.119. The number of hydrogen-bond acceptors (Lipinski definition) is 6. The van der Waals surface area contributed by atoms with Gasteiger partial charge >= 0.3 is 0 Å². The fourth-order valence-electron chi connectivity index (χ4n) is 3.69. The number of anilines is 1. The summed E-state index contributed by atoms with van der Waals surface area (Å²) in [7, 11) is 3.18. The number of methoxy groups -OCH3 is 2. The average molecular weight is 378 g/mol. The highest BCUT2D eigenvalue weighted by Gasteiger charge is 2.32. The van der Waals surface area contributed by atoms with Crippen molar-refractivity contribution in [3.8, 4) is 22.9 Å². The van der Waals surface area contributed by atoms with Crippen LogP contribution in [0, 0.1) is 0 Å². The average Bonchev–Trinajstić information content (AvgIpc) is 3.22. The van der Waals surface area contributed by atoms with Gasteiger partial charge in [-0.2, -0.15) is 0 Å². The van der Waals surface area contributed by atoms with Crippen LogP contribution in [-0.2, 0) is 4.79 Å². The van der Waals surface area contributed by atoms with E-state index in [1.807, 2.05) is 47.4 Å². The quantitative estimate of drug-likeness (QED) is 0.734. The van der Waals surface area contributed by atoms with Gasteiger partial charge in [0.1, 0.15) is 11.9 Å². The molecule has 0 unspecified atom stereocenters. The summed E-state index contributed by atoms with van der Waals surface area (Å²) in [5, 5.41) is 0.797. The molecule has 2 heterocycles. The largest absolute Gasteiger partial charge is 0.493 e. The maximum atomic E-state index is 12.0. The molecule has 7 heteroatoms. The lowest BCUT2D eigenvalue weighted by atomic mass is 10.1. The van der Waals surface area contributed by atoms with Gasteiger partial charge in [-0.1, -0.05) is 30.3 Å². The van der Waals surface area contributed by atoms with Crippen molar-refractivity contribution in [2.45, 2.75) is 18.9 Å². The van der Waals surface area contributed by atoms with Crippen LogP contribution in [0.15, 0.2) is 42.5 Å². The normalized spacial score (nSPS) is 16.4. The molecule has 144 valence electrons. The number of hydrogen-bond donors (Lipinski definition) is 1. The third-order valence-corrected chi connectivity index (χ3v) is 5.07. The van der Waals surface area contributed by atoms with Crippen molar-refractivity contribution in [1.82, 2.24) is 9.97 Å². The zero-order valence-corrected chi connectivity index (χ0v) is 15.9. The van der Waals surface area contributed by atoms with Gasteiger partial charge in [0.15, 0.2) is 17.3 Å². The molecule has 1 aliphatic rings. The highest BCUT2D eigenvalue weighted by Crippen LogP contribution is 2.38. The lowest BCUT2D eigenvalue weighted by Gasteiger charge is -2.25. The van der Waals surface area contributed by atoms with Crippen LogP contribution >= 0.6 is 0 Å². The van der Waals surface area contributed by atoms with Gasteiger partial charge in [0.2, 0.25) is 5.91 Å². The summed E-state index contributed by atoms with van der Waals surface area (Å²) in [4.78, 5) is 23.5. The number of nitrogens with two attached hydrogens (primary N) is 1. The Labute approximate surface area is 163 Å². The Kier molecular flexibility index (Phi) is 4.73. The van der Waals surface area contributed by atoms with Gasteiger partial charge in [0.25, 0.3) is 0 Å². The number of rotatable bonds is 5. The summed E-state index contributed by atoms with van der Waals surface area (Å²) in [5.41, 5.74) is 7.27. The van der Waals surface area contributed by atoms with Crippen LogP contribution < -0.4 is 20.1 Å². The second-order valence-electron chi connectivity index (χ2n) is 6.71. The number of nitrogens with zero attached hydrogens (tertiary/aromatic N) is 3. The van der Waals surface area contributed by atoms with Crippen LogP contribution in [0.1, 0.15) is 12.8 Å². The lowest BCUT2D eigenvalue weighted by Crippen LogP contribution is -2.40. The highest BCUT2D eigenvalue weighted by atomic mass is 16.5. The van der Waals surface area contributed by atoms with Gasteiger partial charge in [-0.05, 0) is 18.9 Å². The van der Waals surface area contributed by atoms with E-state index >= 15 is 0 Å². The smallest absolute Gasteiger partial charge is 0.240 e. The van der Waals surface area contributed by atoms with Crippen LogP contribution in [-0.4, -0.2) is 42.7 Å². The molecular formula is C21H22N4O3. The Morgan fingerprint density at radius 3 is 2.50 bits per heavy atom. The second-order valence-corrected chi connectivity index (χ2v) is 6.71. The van der Waals surface area contributed by atoms with Crippen LogP contribution in [0.3, 0.4) is 0 Å². The molecule has 0 bridgehead atoms. The first kappa shape index (κ1) is 18.0. The molecule has 0 saturated carbocycles. The molecule has 0 spiro atoms. The van der Waals surface area contributed by atoms with E-state index in [0.29, 0.717) is 29.7 Å². The van der Waals surface area contributed by atoms with Crippen molar-refractivity contribution < 1.29 is 14.3 Å². The van der Waals surface area contributed by atoms with Gasteiger partial charge < -0.3 is 20.1 Å². The number of carbonyl (C=O) groups excluding carboxylic acids is 1. The molecule has 0 radical (unpaired) electrons. The number of aromatic nitrogens is 2. The Hall–Kier alpha value is -3.35. The Morgan fingerprint density at radius 1 is 1.11 bits per heavy atom. The van der Waals surface area contributed by atoms with Crippen molar-refractivity contribution >= 4 is 22.6 Å². The van der Waals surface area contributed by atoms with Gasteiger partial charge in [-0.15, -0.1) is 0 Å². The third kappa shape index (κ3) is 3.09. The van der Waals surface area contributed by atoms with Crippen LogP contribution in [0.5, 0.6) is 11.5 Å². The molecule has 1 fully saturated rings. The SMILES string of the molecule is COc1cc2nc(-c3ccccc3)nc(N3CCC[C@H]3C(N)=O)c2cc1OC. The van der Waals surface area contributed by atoms with Gasteiger partial charge in [0, 0.05) is 23.6 Å². The summed E-state index contributed by atoms with van der Waals surface area (Å²) in [6.45, 7) is 0.711. The minimum absolute atomic E-state index is 0.342. The molecule has 1 saturated heterocycles. The van der Waals surface area contributed by atoms with Crippen molar-refractivity contribution in [3.63, 3.8) is 0 Å². The third-order valence-electron chi connectivity index (χ3n) is 5.07. The molecule has 1 amide bonds. The van der Waals surface area contributed by atoms with E-state index in [9.17, 15) is 4.79 Å². The minimum atomic E-state index is -0.380. The topological polar surface area (TPSA) is 90.6 Å². The Morgan fingerprint density at radius 2 is 1.82 bits per heavy atom. The number of benzene rings is 2. The van der Waals surface area contributed by atoms with E-state index in [2.05, 4.69) is 0 Å². The first-order valence-electron chi connectivity index (χ1n) is 9.17. The van der Waals surface area contributed by atoms with E-state index in [-0.39, 0.29) is 11.9 Å². The summed E-state index contributed by atoms with van der Waals surface area (Å²) < 4.78 is 10.9. The van der Waals surface area contributed by atoms with E-state index in [1.54, 1.807) is 14.2 Å². The minimum Gasteiger partial charge on any atom is -0.493 e. The number of carbonyl (C=O) groups is 1. The first-order valence-corrected chi connectivity index (χ1v) is 9.17. The van der Waals surface area contributed by atoms with Crippen molar-refractivity contribution in [2.24, 2.45) is 5.73 Å². The fraction of sp³-hybridized carbons (Fsp3) is 0.286. The fourth-order valence-corrected chi connectivity index (χ4v) is 3.69. The predicted molar refractivity (Wildman–Crippen MR) is 108 cm³/mol. The molecule has 0 aliphatic carbocycles. The molecule has 2 aromatic carbocycles. The molecule has 3 aromatic rings. The van der Waals surface area contributed by atoms with E-state index in [0.717, 1.165) is 29.3 Å². The Bertz CT molecular complexity index is 1020. The number of fused-ring (bicyclic) bond motifs is 1. The monoisotopic (exact) mass is 378 g/mol. The predicted octanol–water partition coefficient (Wildman–Crippen LogP) is 2.77. The summed E-state index contributed by atoms with van der Waals surface area (Å²) in [5.74, 6) is 2.11. The maximum absolute atomic E-state index is 12.0. The van der Waals surface area contributed by atoms with E-state index < -0.39 is 0 Å². The van der Waals surface area contributed by atoms with Crippen molar-refractivity contribution in [2.75, 3.05) is 25.7 Å². The first-order chi connectivity index (χ1) is 13.6. The summed E-state index contributed by atoms with van der Waals surface area (Å²) in [6, 6.07) is 13.1. The standard InChI is InChI=1S/C21H22N4O3/c1-27-17-11-14-15(12-18(17)28-2)23-20(13-7-4-3-5-8-13)24-21(14)25-10-6-9-16(25)19(22)26/h3-5,7-8,11-12,16H,6,9-10H2,1-2H3,(H2,22,26)/t16-/m0/s1. The van der Waals surface area contributed by atoms with Crippen LogP contribution in [0.4, 0.5) is 5.82 Å². The van der Waals surface area contributed by atoms with Crippen molar-refractivity contribution in [1.29, 1.82) is 0 Å². The molecule has 2 N–H and O–H groups in total. The molecule has 7 nitrogen and oxygen atoms in total. The highest BCUT2D eigenvalue weighted by molar-refractivity contribution is 5.96. The van der Waals surface area contributed by atoms with Crippen molar-refractivity contribution in [3.05, 3.63) is 42.5 Å². The van der Waals surface area contributed by atoms with Crippen LogP contribution in [0.25, 0.3) is 22.3 Å². The van der Waals surface area contributed by atoms with Crippen LogP contribution in [0.2, 0.25) is 0 Å². The van der Waals surface area contributed by atoms with Gasteiger partial charge in [-0.25, -0.2) is 9.97 Å². The maximum Gasteiger partial charge on any atom is 0.240 e. The van der Waals surface area contributed by atoms with Gasteiger partial charge in [0.05, 0.1) is 19.7 Å². The summed E-state index contributed by atoms with van der Waals surface area (Å²) >= 11 is 0. The Balaban J connectivity index is 1.98. The zero-order chi connectivity index (χ0) is 19.7. The second kappa shape index (κ2) is 7.34. The zero-order valence-electron chi connectivity index (χ0n) is 15.9. The number of amides is 1. The molecular weight excluding hydrogens is 356 g/mol. The molecule has 1 aromatic heterocycles. The van der Waals surface area contributed by atoms with E-state index in [4.69, 9.17) is 25.2 Å². The summed E-state index contributed by atoms with van der Waals surface area (Å²) in [6.07, 6.45) is 1.60. The molecule has 28 heavy (non-hydrogen) atoms.